The number of nitrogens with zero attached hydrogens (tertiary/aromatic N) is 1. The van der Waals surface area contributed by atoms with Gasteiger partial charge in [0.1, 0.15) is 6.04 Å². The molecule has 1 heterocycles. The molecule has 1 atom stereocenters. The Morgan fingerprint density at radius 2 is 2.08 bits per heavy atom. The Bertz CT molecular complexity index is 299. The molecule has 0 saturated carbocycles. The highest BCUT2D eigenvalue weighted by atomic mass is 32.2. The molecule has 0 spiro atoms. The molecule has 1 saturated heterocycles. The lowest BCUT2D eigenvalue weighted by Gasteiger charge is -2.31. The summed E-state index contributed by atoms with van der Waals surface area (Å²) in [7, 11) is -3.29. The van der Waals surface area contributed by atoms with Gasteiger partial charge in [-0.15, -0.1) is 0 Å². The average molecular weight is 206 g/mol. The van der Waals surface area contributed by atoms with Gasteiger partial charge in [0, 0.05) is 6.54 Å². The fraction of sp³-hybridized carbons (Fsp3) is 0.857. The molecule has 1 aliphatic rings. The van der Waals surface area contributed by atoms with Crippen LogP contribution in [0.25, 0.3) is 0 Å². The normalized spacial score (nSPS) is 25.8. The van der Waals surface area contributed by atoms with Crippen molar-refractivity contribution in [3.8, 4) is 0 Å². The maximum atomic E-state index is 11.2. The largest absolute Gasteiger partial charge is 0.368 e. The molecular formula is C7H14N2O3S. The van der Waals surface area contributed by atoms with E-state index in [9.17, 15) is 13.2 Å². The molecule has 0 aromatic rings. The molecule has 1 fully saturated rings. The minimum atomic E-state index is -3.29. The van der Waals surface area contributed by atoms with E-state index in [1.807, 2.05) is 0 Å². The smallest absolute Gasteiger partial charge is 0.235 e. The van der Waals surface area contributed by atoms with Crippen LogP contribution in [0.4, 0.5) is 0 Å². The third kappa shape index (κ3) is 2.41. The first-order chi connectivity index (χ1) is 5.93. The Morgan fingerprint density at radius 3 is 2.46 bits per heavy atom. The van der Waals surface area contributed by atoms with Crippen LogP contribution in [-0.2, 0) is 14.8 Å². The summed E-state index contributed by atoms with van der Waals surface area (Å²) in [5.41, 5.74) is 5.11. The Morgan fingerprint density at radius 1 is 1.46 bits per heavy atom. The second kappa shape index (κ2) is 3.63. The van der Waals surface area contributed by atoms with Crippen LogP contribution in [0.1, 0.15) is 19.3 Å². The van der Waals surface area contributed by atoms with Gasteiger partial charge >= 0.3 is 0 Å². The summed E-state index contributed by atoms with van der Waals surface area (Å²) in [6.07, 6.45) is 3.31. The van der Waals surface area contributed by atoms with E-state index in [4.69, 9.17) is 5.73 Å². The van der Waals surface area contributed by atoms with Crippen LogP contribution >= 0.6 is 0 Å². The summed E-state index contributed by atoms with van der Waals surface area (Å²) < 4.78 is 23.6. The maximum Gasteiger partial charge on any atom is 0.235 e. The summed E-state index contributed by atoms with van der Waals surface area (Å²) in [6, 6.07) is -0.635. The molecule has 76 valence electrons. The first kappa shape index (κ1) is 10.5. The highest BCUT2D eigenvalue weighted by molar-refractivity contribution is 7.88. The summed E-state index contributed by atoms with van der Waals surface area (Å²) in [5, 5.41) is 0. The number of hydrogen-bond acceptors (Lipinski definition) is 3. The minimum Gasteiger partial charge on any atom is -0.368 e. The van der Waals surface area contributed by atoms with E-state index in [2.05, 4.69) is 0 Å². The van der Waals surface area contributed by atoms with Crippen molar-refractivity contribution in [3.05, 3.63) is 0 Å². The van der Waals surface area contributed by atoms with Crippen molar-refractivity contribution < 1.29 is 13.2 Å². The van der Waals surface area contributed by atoms with Gasteiger partial charge in [0.2, 0.25) is 15.9 Å². The van der Waals surface area contributed by atoms with Crippen LogP contribution in [-0.4, -0.2) is 37.5 Å². The molecule has 1 rings (SSSR count). The second-order valence-electron chi connectivity index (χ2n) is 3.29. The fourth-order valence-corrected chi connectivity index (χ4v) is 2.72. The summed E-state index contributed by atoms with van der Waals surface area (Å²) >= 11 is 0. The average Bonchev–Trinajstić information content (AvgIpc) is 2.03. The van der Waals surface area contributed by atoms with E-state index in [0.717, 1.165) is 19.1 Å². The highest BCUT2D eigenvalue weighted by Gasteiger charge is 2.32. The lowest BCUT2D eigenvalue weighted by Crippen LogP contribution is -2.49. The van der Waals surface area contributed by atoms with Crippen molar-refractivity contribution in [2.45, 2.75) is 25.3 Å². The molecular weight excluding hydrogens is 192 g/mol. The number of carbonyl (C=O) groups excluding carboxylic acids is 1. The molecule has 0 unspecified atom stereocenters. The van der Waals surface area contributed by atoms with Crippen LogP contribution < -0.4 is 5.73 Å². The summed E-state index contributed by atoms with van der Waals surface area (Å²) in [4.78, 5) is 10.9. The third-order valence-electron chi connectivity index (χ3n) is 2.21. The van der Waals surface area contributed by atoms with E-state index in [1.165, 1.54) is 4.31 Å². The van der Waals surface area contributed by atoms with Gasteiger partial charge in [-0.2, -0.15) is 4.31 Å². The van der Waals surface area contributed by atoms with E-state index >= 15 is 0 Å². The van der Waals surface area contributed by atoms with Gasteiger partial charge in [0.25, 0.3) is 0 Å². The minimum absolute atomic E-state index is 0.409. The Labute approximate surface area is 77.9 Å². The van der Waals surface area contributed by atoms with Gasteiger partial charge in [-0.25, -0.2) is 8.42 Å². The Hall–Kier alpha value is -0.620. The molecule has 1 amide bonds. The summed E-state index contributed by atoms with van der Waals surface area (Å²) in [6.45, 7) is 0.409. The van der Waals surface area contributed by atoms with Gasteiger partial charge in [-0.1, -0.05) is 6.42 Å². The lowest BCUT2D eigenvalue weighted by atomic mass is 10.0. The first-order valence-corrected chi connectivity index (χ1v) is 6.04. The predicted molar refractivity (Wildman–Crippen MR) is 48.4 cm³/mol. The lowest BCUT2D eigenvalue weighted by molar-refractivity contribution is -0.122. The molecule has 0 aromatic carbocycles. The second-order valence-corrected chi connectivity index (χ2v) is 5.22. The van der Waals surface area contributed by atoms with Crippen LogP contribution in [0, 0.1) is 0 Å². The van der Waals surface area contributed by atoms with E-state index in [1.54, 1.807) is 0 Å². The fourth-order valence-electron chi connectivity index (χ4n) is 1.59. The molecule has 0 aromatic heterocycles. The number of amides is 1. The third-order valence-corrected chi connectivity index (χ3v) is 3.50. The van der Waals surface area contributed by atoms with Crippen molar-refractivity contribution in [1.29, 1.82) is 0 Å². The monoisotopic (exact) mass is 206 g/mol. The van der Waals surface area contributed by atoms with E-state index < -0.39 is 22.0 Å². The first-order valence-electron chi connectivity index (χ1n) is 4.19. The molecule has 6 heteroatoms. The number of carbonyl (C=O) groups is 1. The number of primary amides is 1. The predicted octanol–water partition coefficient (Wildman–Crippen LogP) is -0.714. The molecule has 5 nitrogen and oxygen atoms in total. The number of hydrogen-bond donors (Lipinski definition) is 1. The van der Waals surface area contributed by atoms with Crippen molar-refractivity contribution in [2.75, 3.05) is 12.8 Å². The Balaban J connectivity index is 2.86. The number of nitrogens with two attached hydrogens (primary N) is 1. The van der Waals surface area contributed by atoms with Gasteiger partial charge in [-0.05, 0) is 12.8 Å². The van der Waals surface area contributed by atoms with Crippen molar-refractivity contribution in [1.82, 2.24) is 4.31 Å². The van der Waals surface area contributed by atoms with Gasteiger partial charge < -0.3 is 5.73 Å². The molecule has 2 N–H and O–H groups in total. The standard InChI is InChI=1S/C7H14N2O3S/c1-13(11,12)9-5-3-2-4-6(9)7(8)10/h6H,2-5H2,1H3,(H2,8,10)/t6-/m0/s1. The molecule has 1 aliphatic heterocycles. The maximum absolute atomic E-state index is 11.2. The zero-order chi connectivity index (χ0) is 10.1. The van der Waals surface area contributed by atoms with Crippen molar-refractivity contribution in [3.63, 3.8) is 0 Å². The molecule has 0 aliphatic carbocycles. The zero-order valence-corrected chi connectivity index (χ0v) is 8.38. The molecule has 0 bridgehead atoms. The molecule has 13 heavy (non-hydrogen) atoms. The zero-order valence-electron chi connectivity index (χ0n) is 7.56. The van der Waals surface area contributed by atoms with E-state index in [-0.39, 0.29) is 0 Å². The number of rotatable bonds is 2. The van der Waals surface area contributed by atoms with Gasteiger partial charge in [0.15, 0.2) is 0 Å². The highest BCUT2D eigenvalue weighted by Crippen LogP contribution is 2.19. The molecule has 0 radical (unpaired) electrons. The van der Waals surface area contributed by atoms with Crippen LogP contribution in [0.5, 0.6) is 0 Å². The van der Waals surface area contributed by atoms with Crippen molar-refractivity contribution >= 4 is 15.9 Å². The Kier molecular flexibility index (Phi) is 2.92. The van der Waals surface area contributed by atoms with Crippen LogP contribution in [0.3, 0.4) is 0 Å². The van der Waals surface area contributed by atoms with Crippen LogP contribution in [0.15, 0.2) is 0 Å². The SMILES string of the molecule is CS(=O)(=O)N1CCCC[C@H]1C(N)=O. The van der Waals surface area contributed by atoms with Crippen molar-refractivity contribution in [2.24, 2.45) is 5.73 Å². The van der Waals surface area contributed by atoms with Gasteiger partial charge in [-0.3, -0.25) is 4.79 Å². The van der Waals surface area contributed by atoms with Gasteiger partial charge in [0.05, 0.1) is 6.26 Å². The quantitative estimate of drug-likeness (QED) is 0.647. The topological polar surface area (TPSA) is 80.5 Å². The van der Waals surface area contributed by atoms with Crippen LogP contribution in [0.2, 0.25) is 0 Å². The van der Waals surface area contributed by atoms with E-state index in [0.29, 0.717) is 13.0 Å². The number of piperidine rings is 1. The summed E-state index contributed by atoms with van der Waals surface area (Å²) in [5.74, 6) is -0.551. The number of sulfonamides is 1.